The molecule has 0 unspecified atom stereocenters. The molecule has 3 N–H and O–H groups in total. The first-order chi connectivity index (χ1) is 13.2. The summed E-state index contributed by atoms with van der Waals surface area (Å²) in [6, 6.07) is 6.29. The lowest BCUT2D eigenvalue weighted by atomic mass is 10.1. The number of hydrogen-bond acceptors (Lipinski definition) is 4. The predicted octanol–water partition coefficient (Wildman–Crippen LogP) is 2.95. The average molecular weight is 383 g/mol. The molecule has 28 heavy (non-hydrogen) atoms. The van der Waals surface area contributed by atoms with Crippen LogP contribution in [0.25, 0.3) is 10.9 Å². The highest BCUT2D eigenvalue weighted by Crippen LogP contribution is 2.24. The Kier molecular flexibility index (Phi) is 5.74. The number of ether oxygens (including phenoxy) is 1. The van der Waals surface area contributed by atoms with Crippen LogP contribution in [0.5, 0.6) is 0 Å². The summed E-state index contributed by atoms with van der Waals surface area (Å²) in [5.74, 6) is 0. The Hall–Kier alpha value is -2.80. The molecule has 7 heteroatoms. The average Bonchev–Trinajstić information content (AvgIpc) is 3.17. The van der Waals surface area contributed by atoms with Crippen molar-refractivity contribution < 1.29 is 9.53 Å². The van der Waals surface area contributed by atoms with Gasteiger partial charge in [0, 0.05) is 43.4 Å². The van der Waals surface area contributed by atoms with Crippen LogP contribution < -0.4 is 11.1 Å². The second kappa shape index (κ2) is 8.06. The first kappa shape index (κ1) is 19.9. The number of nitrogens with two attached hydrogens (primary N) is 1. The summed E-state index contributed by atoms with van der Waals surface area (Å²) in [5.41, 5.74) is 9.72. The van der Waals surface area contributed by atoms with Crippen LogP contribution in [-0.4, -0.2) is 32.4 Å². The summed E-state index contributed by atoms with van der Waals surface area (Å²) < 4.78 is 9.44. The normalized spacial score (nSPS) is 11.8. The highest BCUT2D eigenvalue weighted by atomic mass is 16.6. The molecule has 3 aromatic rings. The van der Waals surface area contributed by atoms with Crippen LogP contribution in [-0.2, 0) is 31.3 Å². The van der Waals surface area contributed by atoms with Gasteiger partial charge in [0.2, 0.25) is 0 Å². The Morgan fingerprint density at radius 1 is 1.29 bits per heavy atom. The number of alkyl carbamates (subject to hydrolysis) is 1. The Bertz CT molecular complexity index is 965. The molecule has 3 rings (SSSR count). The van der Waals surface area contributed by atoms with E-state index in [4.69, 9.17) is 10.5 Å². The highest BCUT2D eigenvalue weighted by molar-refractivity contribution is 5.85. The molecule has 2 heterocycles. The van der Waals surface area contributed by atoms with Gasteiger partial charge in [-0.2, -0.15) is 0 Å². The summed E-state index contributed by atoms with van der Waals surface area (Å²) in [4.78, 5) is 16.3. The van der Waals surface area contributed by atoms with Crippen molar-refractivity contribution in [2.45, 2.75) is 45.9 Å². The molecular weight excluding hydrogens is 354 g/mol. The minimum absolute atomic E-state index is 0.393. The molecule has 0 atom stereocenters. The van der Waals surface area contributed by atoms with Crippen LogP contribution >= 0.6 is 0 Å². The molecule has 0 aliphatic heterocycles. The lowest BCUT2D eigenvalue weighted by Gasteiger charge is -2.19. The van der Waals surface area contributed by atoms with E-state index in [0.29, 0.717) is 26.1 Å². The molecule has 2 aromatic heterocycles. The van der Waals surface area contributed by atoms with Crippen LogP contribution in [0.1, 0.15) is 37.6 Å². The van der Waals surface area contributed by atoms with E-state index in [9.17, 15) is 4.79 Å². The number of rotatable bonds is 6. The molecule has 7 nitrogen and oxygen atoms in total. The second-order valence-electron chi connectivity index (χ2n) is 8.05. The zero-order valence-electron chi connectivity index (χ0n) is 17.0. The van der Waals surface area contributed by atoms with Gasteiger partial charge in [0.05, 0.1) is 18.6 Å². The molecule has 0 aliphatic carbocycles. The van der Waals surface area contributed by atoms with Crippen molar-refractivity contribution in [3.63, 3.8) is 0 Å². The molecule has 150 valence electrons. The van der Waals surface area contributed by atoms with E-state index in [-0.39, 0.29) is 0 Å². The molecule has 1 amide bonds. The number of benzene rings is 1. The number of aryl methyl sites for hydroxylation is 1. The van der Waals surface area contributed by atoms with E-state index < -0.39 is 11.7 Å². The molecule has 1 aromatic carbocycles. The minimum Gasteiger partial charge on any atom is -0.444 e. The third-order valence-electron chi connectivity index (χ3n) is 4.42. The fraction of sp³-hybridized carbons (Fsp3) is 0.429. The monoisotopic (exact) mass is 383 g/mol. The molecule has 0 saturated carbocycles. The van der Waals surface area contributed by atoms with Gasteiger partial charge in [-0.25, -0.2) is 9.78 Å². The van der Waals surface area contributed by atoms with Crippen LogP contribution in [0.3, 0.4) is 0 Å². The second-order valence-corrected chi connectivity index (χ2v) is 8.05. The van der Waals surface area contributed by atoms with Gasteiger partial charge in [0.15, 0.2) is 0 Å². The quantitative estimate of drug-likeness (QED) is 0.685. The molecular formula is C21H29N5O2. The molecule has 0 radical (unpaired) electrons. The lowest BCUT2D eigenvalue weighted by molar-refractivity contribution is 0.0528. The Morgan fingerprint density at radius 3 is 2.71 bits per heavy atom. The van der Waals surface area contributed by atoms with Crippen LogP contribution in [0.15, 0.2) is 36.9 Å². The number of aromatic nitrogens is 3. The van der Waals surface area contributed by atoms with Gasteiger partial charge in [0.1, 0.15) is 5.60 Å². The van der Waals surface area contributed by atoms with Gasteiger partial charge in [-0.05, 0) is 44.4 Å². The minimum atomic E-state index is -0.499. The molecule has 0 spiro atoms. The maximum Gasteiger partial charge on any atom is 0.407 e. The van der Waals surface area contributed by atoms with Crippen molar-refractivity contribution in [1.29, 1.82) is 0 Å². The smallest absolute Gasteiger partial charge is 0.407 e. The summed E-state index contributed by atoms with van der Waals surface area (Å²) in [5, 5.41) is 4.00. The van der Waals surface area contributed by atoms with Gasteiger partial charge in [-0.1, -0.05) is 12.1 Å². The maximum absolute atomic E-state index is 11.9. The van der Waals surface area contributed by atoms with E-state index in [0.717, 1.165) is 16.8 Å². The number of hydrogen-bond donors (Lipinski definition) is 2. The maximum atomic E-state index is 11.9. The Labute approximate surface area is 165 Å². The number of carbonyl (C=O) groups is 1. The van der Waals surface area contributed by atoms with Crippen molar-refractivity contribution in [1.82, 2.24) is 19.4 Å². The van der Waals surface area contributed by atoms with E-state index in [1.54, 1.807) is 6.33 Å². The number of amides is 1. The van der Waals surface area contributed by atoms with Gasteiger partial charge in [-0.15, -0.1) is 0 Å². The van der Waals surface area contributed by atoms with Crippen molar-refractivity contribution in [3.05, 3.63) is 53.7 Å². The number of carbonyl (C=O) groups excluding carboxylic acids is 1. The summed E-state index contributed by atoms with van der Waals surface area (Å²) in [7, 11) is 1.96. The lowest BCUT2D eigenvalue weighted by Crippen LogP contribution is -2.33. The first-order valence-corrected chi connectivity index (χ1v) is 9.49. The van der Waals surface area contributed by atoms with Crippen molar-refractivity contribution >= 4 is 17.0 Å². The Balaban J connectivity index is 1.79. The molecule has 0 aliphatic rings. The van der Waals surface area contributed by atoms with Crippen LogP contribution in [0.2, 0.25) is 0 Å². The summed E-state index contributed by atoms with van der Waals surface area (Å²) in [6.07, 6.45) is 6.28. The fourth-order valence-corrected chi connectivity index (χ4v) is 3.21. The summed E-state index contributed by atoms with van der Waals surface area (Å²) in [6.45, 7) is 7.26. The number of nitrogens with zero attached hydrogens (tertiary/aromatic N) is 3. The Morgan fingerprint density at radius 2 is 2.07 bits per heavy atom. The van der Waals surface area contributed by atoms with E-state index in [1.807, 2.05) is 38.6 Å². The van der Waals surface area contributed by atoms with E-state index >= 15 is 0 Å². The van der Waals surface area contributed by atoms with E-state index in [2.05, 4.69) is 39.3 Å². The third kappa shape index (κ3) is 4.92. The zero-order valence-corrected chi connectivity index (χ0v) is 17.0. The van der Waals surface area contributed by atoms with Crippen LogP contribution in [0.4, 0.5) is 4.79 Å². The van der Waals surface area contributed by atoms with Crippen molar-refractivity contribution in [2.75, 3.05) is 6.54 Å². The van der Waals surface area contributed by atoms with Gasteiger partial charge in [-0.3, -0.25) is 0 Å². The van der Waals surface area contributed by atoms with Gasteiger partial charge >= 0.3 is 6.09 Å². The van der Waals surface area contributed by atoms with Gasteiger partial charge in [0.25, 0.3) is 0 Å². The van der Waals surface area contributed by atoms with Crippen LogP contribution in [0, 0.1) is 0 Å². The van der Waals surface area contributed by atoms with Crippen molar-refractivity contribution in [2.24, 2.45) is 12.8 Å². The summed E-state index contributed by atoms with van der Waals surface area (Å²) >= 11 is 0. The SMILES string of the molecule is Cn1cnc(Cn2cc(CCNC(=O)OC(C)(C)C)c3ccc(CN)cc32)c1. The number of fused-ring (bicyclic) bond motifs is 1. The molecule has 0 bridgehead atoms. The molecule has 0 saturated heterocycles. The topological polar surface area (TPSA) is 87.1 Å². The van der Waals surface area contributed by atoms with Crippen molar-refractivity contribution in [3.8, 4) is 0 Å². The highest BCUT2D eigenvalue weighted by Gasteiger charge is 2.16. The van der Waals surface area contributed by atoms with E-state index in [1.165, 1.54) is 10.9 Å². The third-order valence-corrected chi connectivity index (χ3v) is 4.42. The fourth-order valence-electron chi connectivity index (χ4n) is 3.21. The first-order valence-electron chi connectivity index (χ1n) is 9.49. The predicted molar refractivity (Wildman–Crippen MR) is 110 cm³/mol. The zero-order chi connectivity index (χ0) is 20.3. The standard InChI is InChI=1S/C21H29N5O2/c1-21(2,3)28-20(27)23-8-7-16-11-26(13-17-12-25(4)14-24-17)19-9-15(10-22)5-6-18(16)19/h5-6,9,11-12,14H,7-8,10,13,22H2,1-4H3,(H,23,27). The largest absolute Gasteiger partial charge is 0.444 e. The number of imidazole rings is 1. The molecule has 0 fully saturated rings. The number of nitrogens with one attached hydrogen (secondary N) is 1. The van der Waals surface area contributed by atoms with Gasteiger partial charge < -0.3 is 24.9 Å².